The zero-order valence-electron chi connectivity index (χ0n) is 29.0. The molecular formula is C49H29N5. The van der Waals surface area contributed by atoms with Crippen molar-refractivity contribution in [1.29, 1.82) is 0 Å². The number of nitrogens with zero attached hydrogens (tertiary/aromatic N) is 5. The van der Waals surface area contributed by atoms with Crippen LogP contribution >= 0.6 is 0 Å². The molecule has 0 bridgehead atoms. The Bertz CT molecular complexity index is 3330. The molecule has 8 aromatic carbocycles. The number of para-hydroxylation sites is 3. The Morgan fingerprint density at radius 1 is 0.370 bits per heavy atom. The van der Waals surface area contributed by atoms with Gasteiger partial charge in [0.2, 0.25) is 5.95 Å². The fraction of sp³-hybridized carbons (Fsp3) is 0. The number of fused-ring (bicyclic) bond motifs is 13. The third-order valence-electron chi connectivity index (χ3n) is 11.1. The Kier molecular flexibility index (Phi) is 5.99. The van der Waals surface area contributed by atoms with Crippen molar-refractivity contribution in [3.63, 3.8) is 0 Å². The lowest BCUT2D eigenvalue weighted by Crippen LogP contribution is -2.06. The molecule has 0 N–H and O–H groups in total. The van der Waals surface area contributed by atoms with Gasteiger partial charge >= 0.3 is 0 Å². The van der Waals surface area contributed by atoms with Crippen molar-refractivity contribution >= 4 is 54.4 Å². The van der Waals surface area contributed by atoms with E-state index in [2.05, 4.69) is 167 Å². The van der Waals surface area contributed by atoms with E-state index >= 15 is 0 Å². The predicted octanol–water partition coefficient (Wildman–Crippen LogP) is 12.2. The molecule has 5 nitrogen and oxygen atoms in total. The fourth-order valence-electron chi connectivity index (χ4n) is 8.85. The maximum absolute atomic E-state index is 5.37. The molecule has 0 radical (unpaired) electrons. The quantitative estimate of drug-likeness (QED) is 0.186. The van der Waals surface area contributed by atoms with Crippen LogP contribution in [0, 0.1) is 0 Å². The van der Waals surface area contributed by atoms with Gasteiger partial charge in [-0.15, -0.1) is 0 Å². The summed E-state index contributed by atoms with van der Waals surface area (Å²) in [7, 11) is 0. The number of rotatable bonds is 3. The van der Waals surface area contributed by atoms with Crippen molar-refractivity contribution in [2.45, 2.75) is 0 Å². The van der Waals surface area contributed by atoms with Crippen LogP contribution in [0.5, 0.6) is 0 Å². The average Bonchev–Trinajstić information content (AvgIpc) is 3.71. The Hall–Kier alpha value is -7.37. The third kappa shape index (κ3) is 4.01. The lowest BCUT2D eigenvalue weighted by molar-refractivity contribution is 0.954. The minimum absolute atomic E-state index is 0.582. The molecule has 1 aliphatic heterocycles. The van der Waals surface area contributed by atoms with Gasteiger partial charge in [0.1, 0.15) is 0 Å². The number of hydrogen-bond acceptors (Lipinski definition) is 3. The van der Waals surface area contributed by atoms with E-state index in [4.69, 9.17) is 15.0 Å². The molecule has 250 valence electrons. The van der Waals surface area contributed by atoms with Crippen LogP contribution in [0.2, 0.25) is 0 Å². The van der Waals surface area contributed by atoms with Gasteiger partial charge in [0.15, 0.2) is 11.6 Å². The summed E-state index contributed by atoms with van der Waals surface area (Å²) in [5, 5.41) is 6.97. The van der Waals surface area contributed by atoms with E-state index in [-0.39, 0.29) is 0 Å². The smallest absolute Gasteiger partial charge is 0.238 e. The highest BCUT2D eigenvalue weighted by molar-refractivity contribution is 6.28. The highest BCUT2D eigenvalue weighted by Gasteiger charge is 2.29. The molecule has 4 heterocycles. The second kappa shape index (κ2) is 11.1. The van der Waals surface area contributed by atoms with Crippen LogP contribution in [0.15, 0.2) is 176 Å². The van der Waals surface area contributed by atoms with Crippen molar-refractivity contribution in [3.05, 3.63) is 176 Å². The summed E-state index contributed by atoms with van der Waals surface area (Å²) in [5.74, 6) is 1.85. The van der Waals surface area contributed by atoms with Gasteiger partial charge < -0.3 is 4.57 Å². The van der Waals surface area contributed by atoms with Crippen LogP contribution in [0.4, 0.5) is 0 Å². The highest BCUT2D eigenvalue weighted by Crippen LogP contribution is 2.51. The van der Waals surface area contributed by atoms with Gasteiger partial charge in [-0.25, -0.2) is 4.98 Å². The van der Waals surface area contributed by atoms with E-state index in [1.54, 1.807) is 0 Å². The summed E-state index contributed by atoms with van der Waals surface area (Å²) in [6.45, 7) is 0. The first-order valence-corrected chi connectivity index (χ1v) is 18.3. The molecule has 0 fully saturated rings. The van der Waals surface area contributed by atoms with E-state index < -0.39 is 0 Å². The van der Waals surface area contributed by atoms with E-state index in [0.29, 0.717) is 17.6 Å². The zero-order chi connectivity index (χ0) is 35.3. The molecule has 5 heteroatoms. The van der Waals surface area contributed by atoms with Crippen LogP contribution in [0.1, 0.15) is 0 Å². The standard InChI is InChI=1S/C49H29N5/c1-2-16-31(17-3-1)47-50-48(37-25-14-18-30-15-4-5-19-32(30)37)52-49(51-47)54-42-28-13-10-24-38(42)44-43(54)29-39-35-22-9-12-27-41(35)53-40-26-11-8-21-34(40)33-20-6-7-23-36(33)45(44)46(39)53/h1-29H. The minimum Gasteiger partial charge on any atom is -0.308 e. The lowest BCUT2D eigenvalue weighted by Gasteiger charge is -2.13. The predicted molar refractivity (Wildman–Crippen MR) is 221 cm³/mol. The Morgan fingerprint density at radius 2 is 0.981 bits per heavy atom. The summed E-state index contributed by atoms with van der Waals surface area (Å²) in [6.07, 6.45) is 0. The maximum atomic E-state index is 5.37. The maximum Gasteiger partial charge on any atom is 0.238 e. The van der Waals surface area contributed by atoms with E-state index in [9.17, 15) is 0 Å². The van der Waals surface area contributed by atoms with E-state index in [1.807, 2.05) is 18.2 Å². The second-order valence-corrected chi connectivity index (χ2v) is 14.0. The van der Waals surface area contributed by atoms with Crippen molar-refractivity contribution in [1.82, 2.24) is 24.1 Å². The summed E-state index contributed by atoms with van der Waals surface area (Å²) >= 11 is 0. The largest absolute Gasteiger partial charge is 0.308 e. The molecule has 11 aromatic rings. The fourth-order valence-corrected chi connectivity index (χ4v) is 8.85. The van der Waals surface area contributed by atoms with Gasteiger partial charge in [0.05, 0.1) is 27.8 Å². The van der Waals surface area contributed by atoms with Crippen LogP contribution in [0.25, 0.3) is 111 Å². The van der Waals surface area contributed by atoms with Gasteiger partial charge in [-0.1, -0.05) is 152 Å². The summed E-state index contributed by atoms with van der Waals surface area (Å²) in [5.41, 5.74) is 12.4. The van der Waals surface area contributed by atoms with Crippen molar-refractivity contribution in [2.24, 2.45) is 0 Å². The van der Waals surface area contributed by atoms with Crippen molar-refractivity contribution < 1.29 is 0 Å². The highest BCUT2D eigenvalue weighted by atomic mass is 15.2. The monoisotopic (exact) mass is 687 g/mol. The first-order valence-electron chi connectivity index (χ1n) is 18.3. The molecule has 0 saturated heterocycles. The average molecular weight is 688 g/mol. The summed E-state index contributed by atoms with van der Waals surface area (Å²) < 4.78 is 4.74. The molecule has 12 rings (SSSR count). The van der Waals surface area contributed by atoms with Gasteiger partial charge in [-0.3, -0.25) is 4.57 Å². The number of hydrogen-bond donors (Lipinski definition) is 0. The van der Waals surface area contributed by atoms with Crippen LogP contribution in [0.3, 0.4) is 0 Å². The SMILES string of the molecule is c1ccc(-c2nc(-c3cccc4ccccc34)nc(-n3c4ccccc4c4c5c6c(cc43)c3ccccc3n6-c3ccccc3-c3ccccc3-5)n2)cc1. The van der Waals surface area contributed by atoms with Crippen LogP contribution in [-0.2, 0) is 0 Å². The van der Waals surface area contributed by atoms with Crippen molar-refractivity contribution in [2.75, 3.05) is 0 Å². The first-order chi connectivity index (χ1) is 26.8. The Labute approximate surface area is 310 Å². The molecular weight excluding hydrogens is 659 g/mol. The van der Waals surface area contributed by atoms with E-state index in [1.165, 1.54) is 55.1 Å². The second-order valence-electron chi connectivity index (χ2n) is 14.0. The normalized spacial score (nSPS) is 12.1. The van der Waals surface area contributed by atoms with Crippen molar-refractivity contribution in [3.8, 4) is 56.7 Å². The molecule has 0 aliphatic carbocycles. The number of aromatic nitrogens is 5. The lowest BCUT2D eigenvalue weighted by atomic mass is 9.91. The van der Waals surface area contributed by atoms with Gasteiger partial charge in [0, 0.05) is 43.8 Å². The molecule has 0 spiro atoms. The summed E-state index contributed by atoms with van der Waals surface area (Å²) in [4.78, 5) is 15.8. The molecule has 3 aromatic heterocycles. The zero-order valence-corrected chi connectivity index (χ0v) is 29.0. The van der Waals surface area contributed by atoms with Crippen LogP contribution < -0.4 is 0 Å². The van der Waals surface area contributed by atoms with Crippen LogP contribution in [-0.4, -0.2) is 24.1 Å². The summed E-state index contributed by atoms with van der Waals surface area (Å²) in [6, 6.07) is 62.5. The first kappa shape index (κ1) is 29.2. The Balaban J connectivity index is 1.27. The van der Waals surface area contributed by atoms with Gasteiger partial charge in [0.25, 0.3) is 0 Å². The van der Waals surface area contributed by atoms with Gasteiger partial charge in [-0.2, -0.15) is 9.97 Å². The number of benzene rings is 8. The van der Waals surface area contributed by atoms with Gasteiger partial charge in [-0.05, 0) is 46.2 Å². The molecule has 0 unspecified atom stereocenters. The van der Waals surface area contributed by atoms with E-state index in [0.717, 1.165) is 38.3 Å². The Morgan fingerprint density at radius 3 is 1.83 bits per heavy atom. The molecule has 0 saturated carbocycles. The topological polar surface area (TPSA) is 48.5 Å². The molecule has 54 heavy (non-hydrogen) atoms. The third-order valence-corrected chi connectivity index (χ3v) is 11.1. The molecule has 0 amide bonds. The molecule has 0 atom stereocenters. The molecule has 1 aliphatic rings. The minimum atomic E-state index is 0.582.